The molecule has 1 N–H and O–H groups in total. The zero-order valence-corrected chi connectivity index (χ0v) is 17.3. The number of rotatable bonds is 5. The fourth-order valence-electron chi connectivity index (χ4n) is 3.03. The Hall–Kier alpha value is -2.96. The van der Waals surface area contributed by atoms with Gasteiger partial charge in [0.05, 0.1) is 11.8 Å². The molecular weight excluding hydrogens is 406 g/mol. The number of amides is 1. The molecule has 0 radical (unpaired) electrons. The molecule has 0 bridgehead atoms. The van der Waals surface area contributed by atoms with Gasteiger partial charge in [0.15, 0.2) is 0 Å². The molecule has 0 saturated carbocycles. The Morgan fingerprint density at radius 1 is 1.17 bits per heavy atom. The molecule has 0 atom stereocenters. The van der Waals surface area contributed by atoms with Crippen LogP contribution in [-0.4, -0.2) is 15.5 Å². The second-order valence-corrected chi connectivity index (χ2v) is 8.20. The van der Waals surface area contributed by atoms with Crippen LogP contribution in [0.2, 0.25) is 5.02 Å². The van der Waals surface area contributed by atoms with Crippen molar-refractivity contribution in [2.45, 2.75) is 20.0 Å². The summed E-state index contributed by atoms with van der Waals surface area (Å²) in [5.41, 5.74) is 3.54. The van der Waals surface area contributed by atoms with E-state index in [1.54, 1.807) is 0 Å². The summed E-state index contributed by atoms with van der Waals surface area (Å²) in [5.74, 6) is -0.231. The van der Waals surface area contributed by atoms with Crippen LogP contribution in [0.25, 0.3) is 20.7 Å². The number of nitrogens with zero attached hydrogens (tertiary/aromatic N) is 2. The van der Waals surface area contributed by atoms with Crippen molar-refractivity contribution >= 4 is 39.1 Å². The molecule has 0 aliphatic rings. The van der Waals surface area contributed by atoms with Gasteiger partial charge in [-0.25, -0.2) is 4.98 Å². The fraction of sp³-hybridized carbons (Fsp3) is 0.136. The third kappa shape index (κ3) is 4.23. The molecule has 0 spiro atoms. The Balaban J connectivity index is 1.53. The van der Waals surface area contributed by atoms with Crippen LogP contribution in [0, 0.1) is 6.92 Å². The van der Waals surface area contributed by atoms with E-state index in [1.165, 1.54) is 22.2 Å². The van der Waals surface area contributed by atoms with E-state index in [9.17, 15) is 9.59 Å². The fourth-order valence-corrected chi connectivity index (χ4v) is 4.22. The molecule has 29 heavy (non-hydrogen) atoms. The maximum atomic E-state index is 12.8. The lowest BCUT2D eigenvalue weighted by Crippen LogP contribution is -2.32. The van der Waals surface area contributed by atoms with E-state index in [2.05, 4.69) is 10.3 Å². The minimum Gasteiger partial charge on any atom is -0.350 e. The SMILES string of the molecule is Cc1ccccc1CNC(=O)Cn1cnc2cc(-c3ccc(Cl)cc3)sc2c1=O. The predicted octanol–water partition coefficient (Wildman–Crippen LogP) is 4.40. The van der Waals surface area contributed by atoms with E-state index in [1.807, 2.05) is 61.5 Å². The first-order valence-corrected chi connectivity index (χ1v) is 10.3. The van der Waals surface area contributed by atoms with Crippen molar-refractivity contribution in [3.05, 3.63) is 87.4 Å². The average Bonchev–Trinajstić information content (AvgIpc) is 3.15. The van der Waals surface area contributed by atoms with E-state index in [4.69, 9.17) is 11.6 Å². The first-order valence-electron chi connectivity index (χ1n) is 9.07. The number of halogens is 1. The van der Waals surface area contributed by atoms with E-state index in [0.717, 1.165) is 21.6 Å². The predicted molar refractivity (Wildman–Crippen MR) is 117 cm³/mol. The Bertz CT molecular complexity index is 1250. The van der Waals surface area contributed by atoms with Gasteiger partial charge in [-0.15, -0.1) is 11.3 Å². The largest absolute Gasteiger partial charge is 0.350 e. The zero-order chi connectivity index (χ0) is 20.4. The summed E-state index contributed by atoms with van der Waals surface area (Å²) in [6.45, 7) is 2.36. The van der Waals surface area contributed by atoms with Gasteiger partial charge < -0.3 is 5.32 Å². The molecule has 2 aromatic carbocycles. The lowest BCUT2D eigenvalue weighted by atomic mass is 10.1. The molecule has 0 saturated heterocycles. The number of thiophene rings is 1. The van der Waals surface area contributed by atoms with Gasteiger partial charge in [-0.05, 0) is 41.8 Å². The summed E-state index contributed by atoms with van der Waals surface area (Å²) in [7, 11) is 0. The molecule has 2 heterocycles. The minimum atomic E-state index is -0.231. The van der Waals surface area contributed by atoms with Crippen molar-refractivity contribution in [2.75, 3.05) is 0 Å². The molecular formula is C22H18ClN3O2S. The first-order chi connectivity index (χ1) is 14.0. The standard InChI is InChI=1S/C22H18ClN3O2S/c1-14-4-2-3-5-16(14)11-24-20(27)12-26-13-25-18-10-19(29-21(18)22(26)28)15-6-8-17(23)9-7-15/h2-10,13H,11-12H2,1H3,(H,24,27). The summed E-state index contributed by atoms with van der Waals surface area (Å²) < 4.78 is 1.88. The van der Waals surface area contributed by atoms with Crippen LogP contribution < -0.4 is 10.9 Å². The summed E-state index contributed by atoms with van der Waals surface area (Å²) in [6.07, 6.45) is 1.43. The van der Waals surface area contributed by atoms with Crippen molar-refractivity contribution in [2.24, 2.45) is 0 Å². The zero-order valence-electron chi connectivity index (χ0n) is 15.7. The van der Waals surface area contributed by atoms with Crippen LogP contribution in [0.1, 0.15) is 11.1 Å². The first kappa shape index (κ1) is 19.4. The van der Waals surface area contributed by atoms with Gasteiger partial charge in [0.2, 0.25) is 5.91 Å². The topological polar surface area (TPSA) is 64.0 Å². The molecule has 0 unspecified atom stereocenters. The third-order valence-electron chi connectivity index (χ3n) is 4.68. The molecule has 1 amide bonds. The number of nitrogens with one attached hydrogen (secondary N) is 1. The smallest absolute Gasteiger partial charge is 0.271 e. The second kappa shape index (κ2) is 8.19. The Labute approximate surface area is 176 Å². The van der Waals surface area contributed by atoms with Gasteiger partial charge in [0, 0.05) is 16.4 Å². The van der Waals surface area contributed by atoms with Gasteiger partial charge in [-0.2, -0.15) is 0 Å². The monoisotopic (exact) mass is 423 g/mol. The third-order valence-corrected chi connectivity index (χ3v) is 6.10. The lowest BCUT2D eigenvalue weighted by molar-refractivity contribution is -0.121. The quantitative estimate of drug-likeness (QED) is 0.517. The van der Waals surface area contributed by atoms with Crippen LogP contribution in [-0.2, 0) is 17.9 Å². The van der Waals surface area contributed by atoms with Crippen LogP contribution in [0.15, 0.2) is 65.7 Å². The van der Waals surface area contributed by atoms with Gasteiger partial charge in [0.25, 0.3) is 5.56 Å². The minimum absolute atomic E-state index is 0.0676. The number of aryl methyl sites for hydroxylation is 1. The van der Waals surface area contributed by atoms with Crippen LogP contribution in [0.3, 0.4) is 0 Å². The average molecular weight is 424 g/mol. The maximum absolute atomic E-state index is 12.8. The van der Waals surface area contributed by atoms with Gasteiger partial charge in [-0.1, -0.05) is 48.0 Å². The van der Waals surface area contributed by atoms with Gasteiger partial charge >= 0.3 is 0 Å². The number of hydrogen-bond donors (Lipinski definition) is 1. The molecule has 0 fully saturated rings. The van der Waals surface area contributed by atoms with Crippen molar-refractivity contribution in [3.63, 3.8) is 0 Å². The highest BCUT2D eigenvalue weighted by molar-refractivity contribution is 7.22. The normalized spacial score (nSPS) is 11.0. The van der Waals surface area contributed by atoms with Crippen molar-refractivity contribution in [1.82, 2.24) is 14.9 Å². The summed E-state index contributed by atoms with van der Waals surface area (Å²) in [6, 6.07) is 17.2. The van der Waals surface area contributed by atoms with Crippen LogP contribution >= 0.6 is 22.9 Å². The van der Waals surface area contributed by atoms with E-state index >= 15 is 0 Å². The van der Waals surface area contributed by atoms with E-state index in [0.29, 0.717) is 21.8 Å². The van der Waals surface area contributed by atoms with Gasteiger partial charge in [0.1, 0.15) is 11.2 Å². The molecule has 4 aromatic rings. The highest BCUT2D eigenvalue weighted by Crippen LogP contribution is 2.31. The number of aromatic nitrogens is 2. The van der Waals surface area contributed by atoms with Crippen LogP contribution in [0.4, 0.5) is 0 Å². The summed E-state index contributed by atoms with van der Waals surface area (Å²) in [4.78, 5) is 30.5. The molecule has 4 rings (SSSR count). The highest BCUT2D eigenvalue weighted by atomic mass is 35.5. The van der Waals surface area contributed by atoms with E-state index in [-0.39, 0.29) is 18.0 Å². The highest BCUT2D eigenvalue weighted by Gasteiger charge is 2.12. The molecule has 146 valence electrons. The Kier molecular flexibility index (Phi) is 5.47. The molecule has 0 aliphatic carbocycles. The number of carbonyl (C=O) groups excluding carboxylic acids is 1. The molecule has 5 nitrogen and oxygen atoms in total. The van der Waals surface area contributed by atoms with E-state index < -0.39 is 0 Å². The molecule has 7 heteroatoms. The van der Waals surface area contributed by atoms with Crippen molar-refractivity contribution in [1.29, 1.82) is 0 Å². The summed E-state index contributed by atoms with van der Waals surface area (Å²) in [5, 5.41) is 3.52. The number of fused-ring (bicyclic) bond motifs is 1. The Morgan fingerprint density at radius 2 is 1.93 bits per heavy atom. The number of hydrogen-bond acceptors (Lipinski definition) is 4. The van der Waals surface area contributed by atoms with Crippen molar-refractivity contribution in [3.8, 4) is 10.4 Å². The second-order valence-electron chi connectivity index (χ2n) is 6.71. The lowest BCUT2D eigenvalue weighted by Gasteiger charge is -2.09. The Morgan fingerprint density at radius 3 is 2.69 bits per heavy atom. The van der Waals surface area contributed by atoms with Gasteiger partial charge in [-0.3, -0.25) is 14.2 Å². The number of benzene rings is 2. The summed E-state index contributed by atoms with van der Waals surface area (Å²) >= 11 is 7.31. The molecule has 2 aromatic heterocycles. The maximum Gasteiger partial charge on any atom is 0.271 e. The van der Waals surface area contributed by atoms with Crippen molar-refractivity contribution < 1.29 is 4.79 Å². The number of carbonyl (C=O) groups is 1. The van der Waals surface area contributed by atoms with Crippen LogP contribution in [0.5, 0.6) is 0 Å². The molecule has 0 aliphatic heterocycles.